The molecule has 1 fully saturated rings. The number of nitro groups is 1. The van der Waals surface area contributed by atoms with E-state index >= 15 is 0 Å². The van der Waals surface area contributed by atoms with Crippen molar-refractivity contribution in [3.05, 3.63) is 103 Å². The maximum Gasteiger partial charge on any atom is 0.293 e. The van der Waals surface area contributed by atoms with E-state index in [2.05, 4.69) is 15.9 Å². The van der Waals surface area contributed by atoms with Crippen LogP contribution in [-0.2, 0) is 11.4 Å². The van der Waals surface area contributed by atoms with Crippen molar-refractivity contribution in [3.8, 4) is 11.5 Å². The van der Waals surface area contributed by atoms with Crippen molar-refractivity contribution in [1.29, 1.82) is 0 Å². The molecular weight excluding hydrogens is 548 g/mol. The molecule has 0 aromatic heterocycles. The van der Waals surface area contributed by atoms with E-state index in [1.807, 2.05) is 31.2 Å². The lowest BCUT2D eigenvalue weighted by Crippen LogP contribution is -2.32. The summed E-state index contributed by atoms with van der Waals surface area (Å²) in [6.07, 6.45) is 1.61. The van der Waals surface area contributed by atoms with Crippen molar-refractivity contribution in [1.82, 2.24) is 4.90 Å². The summed E-state index contributed by atoms with van der Waals surface area (Å²) in [5, 5.41) is 10.7. The Labute approximate surface area is 220 Å². The fourth-order valence-corrected chi connectivity index (χ4v) is 4.71. The quantitative estimate of drug-likeness (QED) is 0.168. The second-order valence-corrected chi connectivity index (χ2v) is 9.81. The third kappa shape index (κ3) is 6.32. The summed E-state index contributed by atoms with van der Waals surface area (Å²) < 4.78 is 12.4. The molecule has 10 heteroatoms. The van der Waals surface area contributed by atoms with Crippen LogP contribution in [0.15, 0.2) is 76.1 Å². The fourth-order valence-electron chi connectivity index (χ4n) is 3.48. The number of carbonyl (C=O) groups is 2. The van der Waals surface area contributed by atoms with E-state index in [-0.39, 0.29) is 35.6 Å². The maximum absolute atomic E-state index is 12.9. The molecule has 0 atom stereocenters. The monoisotopic (exact) mass is 568 g/mol. The lowest BCUT2D eigenvalue weighted by molar-refractivity contribution is -0.384. The van der Waals surface area contributed by atoms with E-state index < -0.39 is 10.8 Å². The molecule has 3 aromatic carbocycles. The standard InChI is InChI=1S/C26H21BrN2O6S/c1-17-4-2-7-22(12-17)34-11-10-28-25(30)24(36-26(28)31)15-19-14-20(27)8-9-23(19)35-16-18-5-3-6-21(13-18)29(32)33/h2-9,12-15H,10-11,16H2,1H3/b24-15-. The van der Waals surface area contributed by atoms with Gasteiger partial charge >= 0.3 is 0 Å². The van der Waals surface area contributed by atoms with Crippen LogP contribution in [0.4, 0.5) is 10.5 Å². The Morgan fingerprint density at radius 3 is 2.64 bits per heavy atom. The number of hydrogen-bond donors (Lipinski definition) is 0. The van der Waals surface area contributed by atoms with E-state index in [1.165, 1.54) is 12.1 Å². The first-order valence-corrected chi connectivity index (χ1v) is 12.5. The number of ether oxygens (including phenoxy) is 2. The number of nitrogens with zero attached hydrogens (tertiary/aromatic N) is 2. The maximum atomic E-state index is 12.9. The molecule has 0 radical (unpaired) electrons. The summed E-state index contributed by atoms with van der Waals surface area (Å²) in [6, 6.07) is 19.0. The van der Waals surface area contributed by atoms with Crippen molar-refractivity contribution in [2.45, 2.75) is 13.5 Å². The second-order valence-electron chi connectivity index (χ2n) is 7.90. The van der Waals surface area contributed by atoms with Gasteiger partial charge in [-0.1, -0.05) is 40.2 Å². The number of thioether (sulfide) groups is 1. The Kier molecular flexibility index (Phi) is 8.07. The molecule has 36 heavy (non-hydrogen) atoms. The molecule has 3 aromatic rings. The number of aryl methyl sites for hydroxylation is 1. The summed E-state index contributed by atoms with van der Waals surface area (Å²) in [4.78, 5) is 37.4. The molecular formula is C26H21BrN2O6S. The zero-order valence-electron chi connectivity index (χ0n) is 19.2. The molecule has 184 valence electrons. The summed E-state index contributed by atoms with van der Waals surface area (Å²) in [7, 11) is 0. The summed E-state index contributed by atoms with van der Waals surface area (Å²) in [6.45, 7) is 2.37. The number of imide groups is 1. The van der Waals surface area contributed by atoms with Crippen molar-refractivity contribution < 1.29 is 24.0 Å². The number of hydrogen-bond acceptors (Lipinski definition) is 7. The number of carbonyl (C=O) groups excluding carboxylic acids is 2. The van der Waals surface area contributed by atoms with Crippen molar-refractivity contribution >= 4 is 50.6 Å². The van der Waals surface area contributed by atoms with Crippen LogP contribution in [0.25, 0.3) is 6.08 Å². The highest BCUT2D eigenvalue weighted by Gasteiger charge is 2.35. The lowest BCUT2D eigenvalue weighted by atomic mass is 10.1. The molecule has 4 rings (SSSR count). The average Bonchev–Trinajstić information content (AvgIpc) is 3.11. The van der Waals surface area contributed by atoms with E-state index in [4.69, 9.17) is 9.47 Å². The predicted octanol–water partition coefficient (Wildman–Crippen LogP) is 6.36. The third-order valence-electron chi connectivity index (χ3n) is 5.22. The molecule has 0 bridgehead atoms. The minimum Gasteiger partial charge on any atom is -0.492 e. The highest BCUT2D eigenvalue weighted by Crippen LogP contribution is 2.35. The van der Waals surface area contributed by atoms with Gasteiger partial charge in [0.2, 0.25) is 0 Å². The molecule has 8 nitrogen and oxygen atoms in total. The number of amides is 2. The summed E-state index contributed by atoms with van der Waals surface area (Å²) in [5.41, 5.74) is 2.26. The molecule has 0 spiro atoms. The topological polar surface area (TPSA) is 99.0 Å². The van der Waals surface area contributed by atoms with Crippen LogP contribution in [0, 0.1) is 17.0 Å². The van der Waals surface area contributed by atoms with Gasteiger partial charge in [-0.15, -0.1) is 0 Å². The van der Waals surface area contributed by atoms with Crippen LogP contribution < -0.4 is 9.47 Å². The van der Waals surface area contributed by atoms with Gasteiger partial charge in [0, 0.05) is 22.2 Å². The minimum absolute atomic E-state index is 0.0211. The van der Waals surface area contributed by atoms with Gasteiger partial charge in [0.25, 0.3) is 16.8 Å². The fraction of sp³-hybridized carbons (Fsp3) is 0.154. The number of benzene rings is 3. The van der Waals surface area contributed by atoms with Gasteiger partial charge in [-0.05, 0) is 66.2 Å². The smallest absolute Gasteiger partial charge is 0.293 e. The van der Waals surface area contributed by atoms with Gasteiger partial charge in [0.15, 0.2) is 0 Å². The van der Waals surface area contributed by atoms with Crippen molar-refractivity contribution in [2.24, 2.45) is 0 Å². The largest absolute Gasteiger partial charge is 0.492 e. The predicted molar refractivity (Wildman–Crippen MR) is 141 cm³/mol. The minimum atomic E-state index is -0.462. The molecule has 1 aliphatic heterocycles. The third-order valence-corrected chi connectivity index (χ3v) is 6.62. The van der Waals surface area contributed by atoms with Gasteiger partial charge in [0.05, 0.1) is 16.4 Å². The molecule has 1 saturated heterocycles. The first-order chi connectivity index (χ1) is 17.3. The van der Waals surface area contributed by atoms with Crippen LogP contribution in [0.2, 0.25) is 0 Å². The molecule has 2 amide bonds. The Hall–Kier alpha value is -3.63. The molecule has 0 unspecified atom stereocenters. The van der Waals surface area contributed by atoms with Gasteiger partial charge in [-0.3, -0.25) is 24.6 Å². The van der Waals surface area contributed by atoms with Gasteiger partial charge in [0.1, 0.15) is 24.7 Å². The van der Waals surface area contributed by atoms with Crippen molar-refractivity contribution in [3.63, 3.8) is 0 Å². The van der Waals surface area contributed by atoms with Crippen LogP contribution in [0.1, 0.15) is 16.7 Å². The second kappa shape index (κ2) is 11.4. The van der Waals surface area contributed by atoms with Gasteiger partial charge in [-0.25, -0.2) is 0 Å². The molecule has 0 N–H and O–H groups in total. The highest BCUT2D eigenvalue weighted by molar-refractivity contribution is 9.10. The van der Waals surface area contributed by atoms with Crippen LogP contribution >= 0.6 is 27.7 Å². The highest BCUT2D eigenvalue weighted by atomic mass is 79.9. The number of nitro benzene ring substituents is 1. The van der Waals surface area contributed by atoms with E-state index in [0.29, 0.717) is 22.6 Å². The van der Waals surface area contributed by atoms with Gasteiger partial charge < -0.3 is 9.47 Å². The Bertz CT molecular complexity index is 1360. The zero-order valence-corrected chi connectivity index (χ0v) is 21.6. The number of rotatable bonds is 9. The van der Waals surface area contributed by atoms with E-state index in [1.54, 1.807) is 36.4 Å². The molecule has 1 heterocycles. The van der Waals surface area contributed by atoms with Gasteiger partial charge in [-0.2, -0.15) is 0 Å². The molecule has 1 aliphatic rings. The zero-order chi connectivity index (χ0) is 25.7. The average molecular weight is 569 g/mol. The SMILES string of the molecule is Cc1cccc(OCCN2C(=O)S/C(=C\c3cc(Br)ccc3OCc3cccc([N+](=O)[O-])c3)C2=O)c1. The number of halogens is 1. The van der Waals surface area contributed by atoms with E-state index in [9.17, 15) is 19.7 Å². The Morgan fingerprint density at radius 1 is 1.06 bits per heavy atom. The normalized spacial score (nSPS) is 14.4. The lowest BCUT2D eigenvalue weighted by Gasteiger charge is -2.13. The number of non-ortho nitro benzene ring substituents is 1. The Morgan fingerprint density at radius 2 is 1.86 bits per heavy atom. The molecule has 0 saturated carbocycles. The first-order valence-electron chi connectivity index (χ1n) is 10.9. The van der Waals surface area contributed by atoms with E-state index in [0.717, 1.165) is 26.7 Å². The molecule has 0 aliphatic carbocycles. The van der Waals surface area contributed by atoms with Crippen LogP contribution in [0.5, 0.6) is 11.5 Å². The van der Waals surface area contributed by atoms with Crippen molar-refractivity contribution in [2.75, 3.05) is 13.2 Å². The Balaban J connectivity index is 1.45. The van der Waals surface area contributed by atoms with Crippen LogP contribution in [0.3, 0.4) is 0 Å². The first kappa shape index (κ1) is 25.5. The summed E-state index contributed by atoms with van der Waals surface area (Å²) >= 11 is 4.28. The summed E-state index contributed by atoms with van der Waals surface area (Å²) in [5.74, 6) is 0.749. The van der Waals surface area contributed by atoms with Crippen LogP contribution in [-0.4, -0.2) is 34.1 Å².